The number of carbonyl (C=O) groups is 1. The van der Waals surface area contributed by atoms with Crippen LogP contribution in [0, 0.1) is 0 Å². The van der Waals surface area contributed by atoms with Gasteiger partial charge in [0.15, 0.2) is 0 Å². The van der Waals surface area contributed by atoms with Gasteiger partial charge in [-0.15, -0.1) is 0 Å². The average molecular weight is 379 g/mol. The summed E-state index contributed by atoms with van der Waals surface area (Å²) in [5.74, 6) is 0.938. The van der Waals surface area contributed by atoms with E-state index in [1.807, 2.05) is 23.1 Å². The van der Waals surface area contributed by atoms with Crippen molar-refractivity contribution >= 4 is 17.7 Å². The molecular weight excluding hydrogens is 348 g/mol. The van der Waals surface area contributed by atoms with Gasteiger partial charge in [-0.3, -0.25) is 4.79 Å². The maximum absolute atomic E-state index is 12.5. The lowest BCUT2D eigenvalue weighted by Gasteiger charge is -2.35. The van der Waals surface area contributed by atoms with Crippen molar-refractivity contribution in [1.29, 1.82) is 0 Å². The molecule has 0 bridgehead atoms. The summed E-state index contributed by atoms with van der Waals surface area (Å²) < 4.78 is 5.21. The molecule has 1 heterocycles. The highest BCUT2D eigenvalue weighted by Crippen LogP contribution is 2.23. The van der Waals surface area contributed by atoms with E-state index in [1.54, 1.807) is 13.2 Å². The number of piperazine rings is 1. The summed E-state index contributed by atoms with van der Waals surface area (Å²) >= 11 is 0. The minimum absolute atomic E-state index is 0.0780. The molecule has 1 aliphatic heterocycles. The van der Waals surface area contributed by atoms with Gasteiger partial charge in [-0.2, -0.15) is 0 Å². The smallest absolute Gasteiger partial charge is 0.246 e. The van der Waals surface area contributed by atoms with Gasteiger partial charge in [0.25, 0.3) is 0 Å². The molecule has 1 amide bonds. The van der Waals surface area contributed by atoms with E-state index in [0.717, 1.165) is 37.5 Å². The Balaban J connectivity index is 1.54. The second-order valence-corrected chi connectivity index (χ2v) is 8.22. The Hall–Kier alpha value is -2.75. The van der Waals surface area contributed by atoms with Crippen LogP contribution in [0.3, 0.4) is 0 Å². The Labute approximate surface area is 168 Å². The third-order valence-corrected chi connectivity index (χ3v) is 5.22. The highest BCUT2D eigenvalue weighted by molar-refractivity contribution is 5.92. The Morgan fingerprint density at radius 3 is 2.07 bits per heavy atom. The summed E-state index contributed by atoms with van der Waals surface area (Å²) in [7, 11) is 1.67. The van der Waals surface area contributed by atoms with Gasteiger partial charge >= 0.3 is 0 Å². The van der Waals surface area contributed by atoms with E-state index in [4.69, 9.17) is 4.74 Å². The van der Waals surface area contributed by atoms with E-state index >= 15 is 0 Å². The van der Waals surface area contributed by atoms with Crippen LogP contribution in [0.25, 0.3) is 6.08 Å². The van der Waals surface area contributed by atoms with Crippen LogP contribution in [-0.2, 0) is 10.2 Å². The first-order chi connectivity index (χ1) is 13.4. The second kappa shape index (κ2) is 8.51. The van der Waals surface area contributed by atoms with Gasteiger partial charge in [-0.25, -0.2) is 0 Å². The Bertz CT molecular complexity index is 809. The first-order valence-corrected chi connectivity index (χ1v) is 9.83. The van der Waals surface area contributed by atoms with Crippen LogP contribution in [0.15, 0.2) is 54.6 Å². The summed E-state index contributed by atoms with van der Waals surface area (Å²) in [6.07, 6.45) is 3.60. The molecule has 0 aromatic heterocycles. The van der Waals surface area contributed by atoms with Gasteiger partial charge in [-0.1, -0.05) is 45.0 Å². The van der Waals surface area contributed by atoms with Crippen molar-refractivity contribution in [3.63, 3.8) is 0 Å². The lowest BCUT2D eigenvalue weighted by molar-refractivity contribution is -0.126. The normalized spacial score (nSPS) is 15.1. The molecule has 1 fully saturated rings. The molecule has 3 rings (SSSR count). The molecule has 0 N–H and O–H groups in total. The molecule has 1 saturated heterocycles. The van der Waals surface area contributed by atoms with E-state index in [0.29, 0.717) is 0 Å². The van der Waals surface area contributed by atoms with Crippen LogP contribution < -0.4 is 9.64 Å². The fourth-order valence-corrected chi connectivity index (χ4v) is 3.35. The van der Waals surface area contributed by atoms with Crippen LogP contribution in [0.5, 0.6) is 5.75 Å². The van der Waals surface area contributed by atoms with Crippen LogP contribution in [-0.4, -0.2) is 44.1 Å². The highest BCUT2D eigenvalue weighted by atomic mass is 16.5. The third-order valence-electron chi connectivity index (χ3n) is 5.22. The molecule has 148 valence electrons. The number of amides is 1. The molecule has 0 aliphatic carbocycles. The number of rotatable bonds is 4. The van der Waals surface area contributed by atoms with Gasteiger partial charge in [0.1, 0.15) is 5.75 Å². The summed E-state index contributed by atoms with van der Waals surface area (Å²) in [6, 6.07) is 16.5. The van der Waals surface area contributed by atoms with Crippen LogP contribution >= 0.6 is 0 Å². The number of hydrogen-bond acceptors (Lipinski definition) is 3. The first kappa shape index (κ1) is 20.0. The van der Waals surface area contributed by atoms with Crippen LogP contribution in [0.4, 0.5) is 5.69 Å². The quantitative estimate of drug-likeness (QED) is 0.742. The summed E-state index contributed by atoms with van der Waals surface area (Å²) in [5, 5.41) is 0. The molecule has 0 spiro atoms. The summed E-state index contributed by atoms with van der Waals surface area (Å²) in [4.78, 5) is 16.7. The van der Waals surface area contributed by atoms with Crippen molar-refractivity contribution in [2.75, 3.05) is 38.2 Å². The fraction of sp³-hybridized carbons (Fsp3) is 0.375. The zero-order valence-electron chi connectivity index (χ0n) is 17.3. The van der Waals surface area contributed by atoms with Gasteiger partial charge in [0, 0.05) is 37.9 Å². The summed E-state index contributed by atoms with van der Waals surface area (Å²) in [6.45, 7) is 9.75. The molecular formula is C24H30N2O2. The van der Waals surface area contributed by atoms with Crippen molar-refractivity contribution in [3.8, 4) is 5.75 Å². The van der Waals surface area contributed by atoms with Crippen LogP contribution in [0.1, 0.15) is 31.9 Å². The number of anilines is 1. The van der Waals surface area contributed by atoms with Crippen molar-refractivity contribution in [2.45, 2.75) is 26.2 Å². The van der Waals surface area contributed by atoms with Crippen LogP contribution in [0.2, 0.25) is 0 Å². The SMILES string of the molecule is COc1ccc(N2CCN(C(=O)/C=C/c3ccc(C(C)(C)C)cc3)CC2)cc1. The molecule has 0 unspecified atom stereocenters. The number of benzene rings is 2. The molecule has 0 radical (unpaired) electrons. The van der Waals surface area contributed by atoms with E-state index in [-0.39, 0.29) is 11.3 Å². The Kier molecular flexibility index (Phi) is 6.08. The number of nitrogens with zero attached hydrogens (tertiary/aromatic N) is 2. The highest BCUT2D eigenvalue weighted by Gasteiger charge is 2.20. The van der Waals surface area contributed by atoms with Crippen molar-refractivity contribution in [2.24, 2.45) is 0 Å². The third kappa shape index (κ3) is 4.94. The Morgan fingerprint density at radius 1 is 0.929 bits per heavy atom. The molecule has 1 aliphatic rings. The number of hydrogen-bond donors (Lipinski definition) is 0. The van der Waals surface area contributed by atoms with E-state index in [2.05, 4.69) is 62.1 Å². The standard InChI is InChI=1S/C24H30N2O2/c1-24(2,3)20-8-5-19(6-9-20)7-14-23(27)26-17-15-25(16-18-26)21-10-12-22(28-4)13-11-21/h5-14H,15-18H2,1-4H3/b14-7+. The lowest BCUT2D eigenvalue weighted by atomic mass is 9.87. The van der Waals surface area contributed by atoms with Gasteiger partial charge in [0.05, 0.1) is 7.11 Å². The summed E-state index contributed by atoms with van der Waals surface area (Å²) in [5.41, 5.74) is 3.66. The Morgan fingerprint density at radius 2 is 1.54 bits per heavy atom. The maximum Gasteiger partial charge on any atom is 0.246 e. The van der Waals surface area contributed by atoms with E-state index < -0.39 is 0 Å². The zero-order chi connectivity index (χ0) is 20.1. The van der Waals surface area contributed by atoms with Gasteiger partial charge < -0.3 is 14.5 Å². The molecule has 2 aromatic carbocycles. The van der Waals surface area contributed by atoms with Gasteiger partial charge in [-0.05, 0) is 46.9 Å². The molecule has 4 nitrogen and oxygen atoms in total. The monoisotopic (exact) mass is 378 g/mol. The minimum atomic E-state index is 0.0780. The average Bonchev–Trinajstić information content (AvgIpc) is 2.72. The molecule has 0 atom stereocenters. The molecule has 2 aromatic rings. The maximum atomic E-state index is 12.5. The number of ether oxygens (including phenoxy) is 1. The fourth-order valence-electron chi connectivity index (χ4n) is 3.35. The predicted molar refractivity (Wildman–Crippen MR) is 116 cm³/mol. The molecule has 4 heteroatoms. The predicted octanol–water partition coefficient (Wildman–Crippen LogP) is 4.35. The first-order valence-electron chi connectivity index (χ1n) is 9.83. The number of methoxy groups -OCH3 is 1. The molecule has 0 saturated carbocycles. The van der Waals surface area contributed by atoms with E-state index in [1.165, 1.54) is 11.3 Å². The van der Waals surface area contributed by atoms with Crippen molar-refractivity contribution < 1.29 is 9.53 Å². The molecule has 28 heavy (non-hydrogen) atoms. The minimum Gasteiger partial charge on any atom is -0.497 e. The largest absolute Gasteiger partial charge is 0.497 e. The van der Waals surface area contributed by atoms with E-state index in [9.17, 15) is 4.79 Å². The van der Waals surface area contributed by atoms with Gasteiger partial charge in [0.2, 0.25) is 5.91 Å². The topological polar surface area (TPSA) is 32.8 Å². The second-order valence-electron chi connectivity index (χ2n) is 8.22. The van der Waals surface area contributed by atoms with Crippen molar-refractivity contribution in [3.05, 3.63) is 65.7 Å². The zero-order valence-corrected chi connectivity index (χ0v) is 17.3. The lowest BCUT2D eigenvalue weighted by Crippen LogP contribution is -2.48. The van der Waals surface area contributed by atoms with Crippen molar-refractivity contribution in [1.82, 2.24) is 4.90 Å². The number of carbonyl (C=O) groups excluding carboxylic acids is 1.